The summed E-state index contributed by atoms with van der Waals surface area (Å²) in [5, 5.41) is 10.6. The molecule has 0 aromatic carbocycles. The summed E-state index contributed by atoms with van der Waals surface area (Å²) >= 11 is 1.84. The van der Waals surface area contributed by atoms with Crippen molar-refractivity contribution in [1.82, 2.24) is 10.6 Å². The van der Waals surface area contributed by atoms with E-state index in [1.807, 2.05) is 11.3 Å². The molecule has 4 nitrogen and oxygen atoms in total. The van der Waals surface area contributed by atoms with Crippen molar-refractivity contribution >= 4 is 22.3 Å². The molecule has 0 radical (unpaired) electrons. The highest BCUT2D eigenvalue weighted by Gasteiger charge is 2.20. The zero-order valence-electron chi connectivity index (χ0n) is 14.7. The Kier molecular flexibility index (Phi) is 8.29. The highest BCUT2D eigenvalue weighted by Crippen LogP contribution is 2.24. The fraction of sp³-hybridized carbons (Fsp3) is 0.722. The molecule has 23 heavy (non-hydrogen) atoms. The Morgan fingerprint density at radius 1 is 1.26 bits per heavy atom. The van der Waals surface area contributed by atoms with Gasteiger partial charge in [-0.2, -0.15) is 0 Å². The smallest absolute Gasteiger partial charge is 0.191 e. The molecule has 0 spiro atoms. The monoisotopic (exact) mass is 336 g/mol. The molecule has 0 aliphatic carbocycles. The van der Waals surface area contributed by atoms with E-state index in [1.54, 1.807) is 0 Å². The van der Waals surface area contributed by atoms with Gasteiger partial charge in [-0.25, -0.2) is 0 Å². The lowest BCUT2D eigenvalue weighted by Gasteiger charge is -2.33. The summed E-state index contributed by atoms with van der Waals surface area (Å²) in [6.07, 6.45) is 7.45. The lowest BCUT2D eigenvalue weighted by molar-refractivity contribution is 0.462. The first-order valence-corrected chi connectivity index (χ1v) is 10.0. The molecule has 2 N–H and O–H groups in total. The second-order valence-corrected chi connectivity index (χ2v) is 7.10. The van der Waals surface area contributed by atoms with Gasteiger partial charge in [0.05, 0.1) is 5.00 Å². The van der Waals surface area contributed by atoms with Crippen molar-refractivity contribution in [2.24, 2.45) is 4.99 Å². The third-order valence-electron chi connectivity index (χ3n) is 4.28. The number of aliphatic imine (C=N–C) groups is 1. The predicted molar refractivity (Wildman–Crippen MR) is 103 cm³/mol. The molecule has 1 aromatic rings. The van der Waals surface area contributed by atoms with E-state index in [9.17, 15) is 0 Å². The van der Waals surface area contributed by atoms with Crippen molar-refractivity contribution in [3.63, 3.8) is 0 Å². The highest BCUT2D eigenvalue weighted by atomic mass is 32.1. The lowest BCUT2D eigenvalue weighted by atomic mass is 10.1. The van der Waals surface area contributed by atoms with E-state index >= 15 is 0 Å². The van der Waals surface area contributed by atoms with Gasteiger partial charge in [-0.05, 0) is 43.7 Å². The van der Waals surface area contributed by atoms with E-state index in [-0.39, 0.29) is 0 Å². The first kappa shape index (κ1) is 18.1. The molecule has 1 fully saturated rings. The highest BCUT2D eigenvalue weighted by molar-refractivity contribution is 7.14. The van der Waals surface area contributed by atoms with Crippen LogP contribution in [0.25, 0.3) is 0 Å². The molecule has 1 saturated heterocycles. The summed E-state index contributed by atoms with van der Waals surface area (Å²) in [6.45, 7) is 8.51. The number of hydrogen-bond donors (Lipinski definition) is 2. The third kappa shape index (κ3) is 6.42. The van der Waals surface area contributed by atoms with Gasteiger partial charge in [-0.15, -0.1) is 11.3 Å². The summed E-state index contributed by atoms with van der Waals surface area (Å²) in [5.74, 6) is 0.999. The molecule has 5 heteroatoms. The average Bonchev–Trinajstić information content (AvgIpc) is 3.10. The topological polar surface area (TPSA) is 39.7 Å². The number of anilines is 1. The summed E-state index contributed by atoms with van der Waals surface area (Å²) < 4.78 is 0. The normalized spacial score (nSPS) is 16.6. The minimum atomic E-state index is 0.541. The number of hydrogen-bond acceptors (Lipinski definition) is 3. The molecule has 0 unspecified atom stereocenters. The van der Waals surface area contributed by atoms with Gasteiger partial charge in [0.25, 0.3) is 0 Å². The molecule has 2 rings (SSSR count). The number of nitrogens with one attached hydrogen (secondary N) is 2. The molecular weight excluding hydrogens is 304 g/mol. The van der Waals surface area contributed by atoms with Gasteiger partial charge in [-0.3, -0.25) is 4.99 Å². The maximum absolute atomic E-state index is 4.73. The van der Waals surface area contributed by atoms with E-state index in [2.05, 4.69) is 46.9 Å². The number of unbranched alkanes of at least 4 members (excludes halogenated alkanes) is 3. The van der Waals surface area contributed by atoms with Gasteiger partial charge < -0.3 is 15.5 Å². The molecule has 2 heterocycles. The van der Waals surface area contributed by atoms with Crippen molar-refractivity contribution in [3.8, 4) is 0 Å². The second kappa shape index (κ2) is 10.5. The van der Waals surface area contributed by atoms with Gasteiger partial charge in [0.1, 0.15) is 0 Å². The minimum Gasteiger partial charge on any atom is -0.363 e. The quantitative estimate of drug-likeness (QED) is 0.430. The molecule has 0 amide bonds. The molecule has 1 aliphatic heterocycles. The van der Waals surface area contributed by atoms with Crippen molar-refractivity contribution < 1.29 is 0 Å². The zero-order valence-corrected chi connectivity index (χ0v) is 15.5. The number of guanidine groups is 1. The van der Waals surface area contributed by atoms with Crippen LogP contribution in [0.15, 0.2) is 22.5 Å². The standard InChI is InChI=1S/C18H32N4S/c1-3-5-6-7-12-20-18(19-4-2)21-16-10-13-22(14-11-16)17-9-8-15-23-17/h8-9,15-16H,3-7,10-14H2,1-2H3,(H2,19,20,21). The third-order valence-corrected chi connectivity index (χ3v) is 5.21. The summed E-state index contributed by atoms with van der Waals surface area (Å²) in [6, 6.07) is 4.90. The van der Waals surface area contributed by atoms with Crippen LogP contribution < -0.4 is 15.5 Å². The number of rotatable bonds is 8. The van der Waals surface area contributed by atoms with Crippen LogP contribution in [0.4, 0.5) is 5.00 Å². The van der Waals surface area contributed by atoms with Crippen LogP contribution in [-0.2, 0) is 0 Å². The maximum atomic E-state index is 4.73. The fourth-order valence-electron chi connectivity index (χ4n) is 2.94. The lowest BCUT2D eigenvalue weighted by Crippen LogP contribution is -2.48. The van der Waals surface area contributed by atoms with Gasteiger partial charge in [0.15, 0.2) is 5.96 Å². The Balaban J connectivity index is 1.73. The molecular formula is C18H32N4S. The van der Waals surface area contributed by atoms with Crippen molar-refractivity contribution in [3.05, 3.63) is 17.5 Å². The Hall–Kier alpha value is -1.23. The van der Waals surface area contributed by atoms with Crippen molar-refractivity contribution in [2.45, 2.75) is 58.4 Å². The molecule has 130 valence electrons. The average molecular weight is 337 g/mol. The van der Waals surface area contributed by atoms with Crippen LogP contribution >= 0.6 is 11.3 Å². The molecule has 0 saturated carbocycles. The van der Waals surface area contributed by atoms with Gasteiger partial charge >= 0.3 is 0 Å². The molecule has 0 bridgehead atoms. The van der Waals surface area contributed by atoms with Crippen molar-refractivity contribution in [1.29, 1.82) is 0 Å². The van der Waals surface area contributed by atoms with E-state index in [0.29, 0.717) is 6.04 Å². The second-order valence-electron chi connectivity index (χ2n) is 6.18. The van der Waals surface area contributed by atoms with Crippen LogP contribution in [0.5, 0.6) is 0 Å². The first-order valence-electron chi connectivity index (χ1n) is 9.16. The Morgan fingerprint density at radius 2 is 2.09 bits per heavy atom. The number of piperidine rings is 1. The van der Waals surface area contributed by atoms with Crippen molar-refractivity contribution in [2.75, 3.05) is 31.1 Å². The Morgan fingerprint density at radius 3 is 2.74 bits per heavy atom. The van der Waals surface area contributed by atoms with Gasteiger partial charge in [-0.1, -0.05) is 26.2 Å². The fourth-order valence-corrected chi connectivity index (χ4v) is 3.72. The molecule has 1 aromatic heterocycles. The van der Waals surface area contributed by atoms with Crippen LogP contribution in [0, 0.1) is 0 Å². The molecule has 0 atom stereocenters. The number of nitrogens with zero attached hydrogens (tertiary/aromatic N) is 2. The van der Waals surface area contributed by atoms with E-state index < -0.39 is 0 Å². The Labute approximate surface area is 145 Å². The van der Waals surface area contributed by atoms with Crippen LogP contribution in [-0.4, -0.2) is 38.2 Å². The number of thiophene rings is 1. The predicted octanol–water partition coefficient (Wildman–Crippen LogP) is 3.85. The van der Waals surface area contributed by atoms with Crippen LogP contribution in [0.1, 0.15) is 52.4 Å². The van der Waals surface area contributed by atoms with Crippen LogP contribution in [0.2, 0.25) is 0 Å². The largest absolute Gasteiger partial charge is 0.363 e. The summed E-state index contributed by atoms with van der Waals surface area (Å²) in [5.41, 5.74) is 0. The summed E-state index contributed by atoms with van der Waals surface area (Å²) in [4.78, 5) is 7.23. The SMILES string of the molecule is CCCCCCN=C(NCC)NC1CCN(c2cccs2)CC1. The van der Waals surface area contributed by atoms with E-state index in [1.165, 1.54) is 43.5 Å². The minimum absolute atomic E-state index is 0.541. The maximum Gasteiger partial charge on any atom is 0.191 e. The first-order chi connectivity index (χ1) is 11.3. The van der Waals surface area contributed by atoms with E-state index in [0.717, 1.165) is 32.1 Å². The van der Waals surface area contributed by atoms with Gasteiger partial charge in [0.2, 0.25) is 0 Å². The Bertz CT molecular complexity index is 436. The van der Waals surface area contributed by atoms with Crippen LogP contribution in [0.3, 0.4) is 0 Å². The summed E-state index contributed by atoms with van der Waals surface area (Å²) in [7, 11) is 0. The van der Waals surface area contributed by atoms with Gasteiger partial charge in [0, 0.05) is 32.2 Å². The molecule has 1 aliphatic rings. The zero-order chi connectivity index (χ0) is 16.3. The van der Waals surface area contributed by atoms with E-state index in [4.69, 9.17) is 4.99 Å².